The second kappa shape index (κ2) is 11.5. The number of halogens is 2. The van der Waals surface area contributed by atoms with Crippen molar-refractivity contribution in [2.45, 2.75) is 43.3 Å². The zero-order valence-corrected chi connectivity index (χ0v) is 20.6. The summed E-state index contributed by atoms with van der Waals surface area (Å²) >= 11 is 0. The zero-order valence-electron chi connectivity index (χ0n) is 20.6. The zero-order chi connectivity index (χ0) is 25.7. The van der Waals surface area contributed by atoms with Crippen LogP contribution in [0.2, 0.25) is 0 Å². The van der Waals surface area contributed by atoms with E-state index in [1.54, 1.807) is 13.3 Å². The molecule has 2 aliphatic heterocycles. The number of allylic oxidation sites excluding steroid dienone is 1. The lowest BCUT2D eigenvalue weighted by Crippen LogP contribution is -2.54. The van der Waals surface area contributed by atoms with E-state index in [0.29, 0.717) is 38.4 Å². The van der Waals surface area contributed by atoms with E-state index in [0.717, 1.165) is 43.8 Å². The van der Waals surface area contributed by atoms with Gasteiger partial charge in [0, 0.05) is 37.5 Å². The molecular formula is C28H34F2N2O4. The van der Waals surface area contributed by atoms with Crippen LogP contribution in [0.3, 0.4) is 0 Å². The summed E-state index contributed by atoms with van der Waals surface area (Å²) in [5, 5.41) is 22.0. The van der Waals surface area contributed by atoms with Crippen LogP contribution < -0.4 is 4.74 Å². The molecule has 2 aromatic rings. The average molecular weight is 501 g/mol. The molecule has 0 saturated carbocycles. The first-order valence-electron chi connectivity index (χ1n) is 12.5. The number of likely N-dealkylation sites (tertiary alicyclic amines) is 2. The lowest BCUT2D eigenvalue weighted by molar-refractivity contribution is -0.114. The second-order valence-electron chi connectivity index (χ2n) is 9.81. The van der Waals surface area contributed by atoms with Crippen LogP contribution in [0, 0.1) is 11.6 Å². The van der Waals surface area contributed by atoms with Crippen molar-refractivity contribution in [2.24, 2.45) is 0 Å². The third kappa shape index (κ3) is 6.30. The van der Waals surface area contributed by atoms with Crippen molar-refractivity contribution < 1.29 is 28.5 Å². The molecule has 2 aliphatic rings. The van der Waals surface area contributed by atoms with Gasteiger partial charge in [-0.2, -0.15) is 0 Å². The summed E-state index contributed by atoms with van der Waals surface area (Å²) < 4.78 is 31.7. The van der Waals surface area contributed by atoms with Crippen LogP contribution in [0.4, 0.5) is 8.78 Å². The summed E-state index contributed by atoms with van der Waals surface area (Å²) in [5.41, 5.74) is 0.198. The van der Waals surface area contributed by atoms with Crippen LogP contribution in [0.1, 0.15) is 47.5 Å². The number of piperidine rings is 2. The maximum Gasteiger partial charge on any atom is 0.187 e. The summed E-state index contributed by atoms with van der Waals surface area (Å²) in [7, 11) is 1.66. The third-order valence-electron chi connectivity index (χ3n) is 7.53. The molecule has 6 nitrogen and oxygen atoms in total. The molecule has 2 saturated heterocycles. The maximum absolute atomic E-state index is 13.4. The standard InChI is InChI=1S/C28H34F2N2O4/c1-36-23-5-2-20(3-6-23)21-8-13-32(14-9-21)19-27(34)28(35)11-16-31(17-12-28)15-10-26(33)22-4-7-24(29)25(30)18-22/h2-7,10,15,18,21,27,34-35H,8-9,11-14,16-17,19H2,1H3. The van der Waals surface area contributed by atoms with Crippen LogP contribution in [-0.4, -0.2) is 77.3 Å². The normalized spacial score (nSPS) is 20.0. The molecule has 0 radical (unpaired) electrons. The van der Waals surface area contributed by atoms with E-state index in [4.69, 9.17) is 4.74 Å². The molecule has 194 valence electrons. The van der Waals surface area contributed by atoms with Crippen molar-refractivity contribution in [2.75, 3.05) is 39.8 Å². The molecular weight excluding hydrogens is 466 g/mol. The number of aliphatic hydroxyl groups excluding tert-OH is 1. The Morgan fingerprint density at radius 2 is 1.75 bits per heavy atom. The second-order valence-corrected chi connectivity index (χ2v) is 9.81. The van der Waals surface area contributed by atoms with Gasteiger partial charge in [-0.25, -0.2) is 8.78 Å². The summed E-state index contributed by atoms with van der Waals surface area (Å²) in [4.78, 5) is 16.4. The largest absolute Gasteiger partial charge is 0.497 e. The minimum absolute atomic E-state index is 0.0739. The SMILES string of the molecule is COc1ccc(C2CCN(CC(O)C3(O)CCN(C=CC(=O)c4ccc(F)c(F)c4)CC3)CC2)cc1. The third-order valence-corrected chi connectivity index (χ3v) is 7.53. The Hall–Kier alpha value is -2.81. The van der Waals surface area contributed by atoms with Crippen molar-refractivity contribution in [1.29, 1.82) is 0 Å². The van der Waals surface area contributed by atoms with Gasteiger partial charge >= 0.3 is 0 Å². The number of hydrogen-bond acceptors (Lipinski definition) is 6. The number of hydrogen-bond donors (Lipinski definition) is 2. The number of nitrogens with zero attached hydrogens (tertiary/aromatic N) is 2. The molecule has 1 atom stereocenters. The molecule has 8 heteroatoms. The smallest absolute Gasteiger partial charge is 0.187 e. The van der Waals surface area contributed by atoms with Gasteiger partial charge < -0.3 is 24.7 Å². The maximum atomic E-state index is 13.4. The number of ketones is 1. The molecule has 36 heavy (non-hydrogen) atoms. The molecule has 1 unspecified atom stereocenters. The van der Waals surface area contributed by atoms with Gasteiger partial charge in [0.15, 0.2) is 17.4 Å². The first-order chi connectivity index (χ1) is 17.3. The highest BCUT2D eigenvalue weighted by Crippen LogP contribution is 2.31. The minimum Gasteiger partial charge on any atom is -0.497 e. The molecule has 0 aliphatic carbocycles. The highest BCUT2D eigenvalue weighted by atomic mass is 19.2. The Morgan fingerprint density at radius 3 is 2.36 bits per heavy atom. The molecule has 0 bridgehead atoms. The van der Waals surface area contributed by atoms with Gasteiger partial charge in [-0.1, -0.05) is 12.1 Å². The number of benzene rings is 2. The van der Waals surface area contributed by atoms with E-state index in [1.807, 2.05) is 17.0 Å². The first-order valence-corrected chi connectivity index (χ1v) is 12.5. The van der Waals surface area contributed by atoms with E-state index in [1.165, 1.54) is 17.7 Å². The van der Waals surface area contributed by atoms with Crippen LogP contribution in [0.15, 0.2) is 54.7 Å². The number of carbonyl (C=O) groups excluding carboxylic acids is 1. The van der Waals surface area contributed by atoms with E-state index >= 15 is 0 Å². The molecule has 0 aromatic heterocycles. The van der Waals surface area contributed by atoms with Crippen molar-refractivity contribution in [3.8, 4) is 5.75 Å². The fourth-order valence-corrected chi connectivity index (χ4v) is 5.05. The molecule has 2 heterocycles. The number of carbonyl (C=O) groups is 1. The summed E-state index contributed by atoms with van der Waals surface area (Å²) in [6.07, 6.45) is 4.83. The number of ether oxygens (including phenoxy) is 1. The Balaban J connectivity index is 1.23. The van der Waals surface area contributed by atoms with Gasteiger partial charge in [0.1, 0.15) is 5.75 Å². The Labute approximate surface area is 210 Å². The van der Waals surface area contributed by atoms with Gasteiger partial charge in [-0.05, 0) is 80.6 Å². The van der Waals surface area contributed by atoms with Crippen molar-refractivity contribution in [3.63, 3.8) is 0 Å². The summed E-state index contributed by atoms with van der Waals surface area (Å²) in [5.74, 6) is -1.14. The van der Waals surface area contributed by atoms with Gasteiger partial charge in [0.05, 0.1) is 18.8 Å². The lowest BCUT2D eigenvalue weighted by atomic mass is 9.84. The molecule has 2 aromatic carbocycles. The topological polar surface area (TPSA) is 73.2 Å². The highest BCUT2D eigenvalue weighted by Gasteiger charge is 2.39. The monoisotopic (exact) mass is 500 g/mol. The van der Waals surface area contributed by atoms with E-state index < -0.39 is 29.1 Å². The molecule has 0 spiro atoms. The summed E-state index contributed by atoms with van der Waals surface area (Å²) in [6, 6.07) is 11.3. The number of methoxy groups -OCH3 is 1. The molecule has 0 amide bonds. The minimum atomic E-state index is -1.18. The van der Waals surface area contributed by atoms with Crippen molar-refractivity contribution >= 4 is 5.78 Å². The van der Waals surface area contributed by atoms with Gasteiger partial charge in [-0.15, -0.1) is 0 Å². The lowest BCUT2D eigenvalue weighted by Gasteiger charge is -2.43. The van der Waals surface area contributed by atoms with Gasteiger partial charge in [0.2, 0.25) is 0 Å². The van der Waals surface area contributed by atoms with Crippen LogP contribution in [0.25, 0.3) is 0 Å². The van der Waals surface area contributed by atoms with Crippen LogP contribution >= 0.6 is 0 Å². The van der Waals surface area contributed by atoms with E-state index in [2.05, 4.69) is 17.0 Å². The van der Waals surface area contributed by atoms with Crippen molar-refractivity contribution in [1.82, 2.24) is 9.80 Å². The Morgan fingerprint density at radius 1 is 1.08 bits per heavy atom. The quantitative estimate of drug-likeness (QED) is 0.425. The Bertz CT molecular complexity index is 1060. The highest BCUT2D eigenvalue weighted by molar-refractivity contribution is 6.04. The molecule has 2 N–H and O–H groups in total. The van der Waals surface area contributed by atoms with E-state index in [9.17, 15) is 23.8 Å². The molecule has 2 fully saturated rings. The number of rotatable bonds is 8. The van der Waals surface area contributed by atoms with Crippen molar-refractivity contribution in [3.05, 3.63) is 77.5 Å². The van der Waals surface area contributed by atoms with Crippen LogP contribution in [-0.2, 0) is 0 Å². The number of aliphatic hydroxyl groups is 2. The first kappa shape index (κ1) is 26.3. The van der Waals surface area contributed by atoms with Gasteiger partial charge in [0.25, 0.3) is 0 Å². The van der Waals surface area contributed by atoms with Crippen LogP contribution in [0.5, 0.6) is 5.75 Å². The van der Waals surface area contributed by atoms with E-state index in [-0.39, 0.29) is 5.56 Å². The fraction of sp³-hybridized carbons (Fsp3) is 0.464. The Kier molecular flexibility index (Phi) is 8.39. The number of β-amino-alcohol motifs (C(OH)–C–C–N with tert-alkyl or cyclic N) is 1. The van der Waals surface area contributed by atoms with Gasteiger partial charge in [-0.3, -0.25) is 4.79 Å². The predicted octanol–water partition coefficient (Wildman–Crippen LogP) is 3.74. The predicted molar refractivity (Wildman–Crippen MR) is 133 cm³/mol. The fourth-order valence-electron chi connectivity index (χ4n) is 5.05. The molecule has 4 rings (SSSR count). The summed E-state index contributed by atoms with van der Waals surface area (Å²) in [6.45, 7) is 3.12. The average Bonchev–Trinajstić information content (AvgIpc) is 2.90.